The van der Waals surface area contributed by atoms with Crippen molar-refractivity contribution in [1.29, 1.82) is 0 Å². The fourth-order valence-electron chi connectivity index (χ4n) is 2.59. The van der Waals surface area contributed by atoms with Crippen LogP contribution in [0.4, 0.5) is 0 Å². The summed E-state index contributed by atoms with van der Waals surface area (Å²) in [5.41, 5.74) is 0. The molecule has 26 heavy (non-hydrogen) atoms. The smallest absolute Gasteiger partial charge is 0.353 e. The van der Waals surface area contributed by atoms with E-state index in [0.717, 1.165) is 11.3 Å². The van der Waals surface area contributed by atoms with Gasteiger partial charge in [-0.05, 0) is 18.2 Å². The number of hydrogen-bond acceptors (Lipinski definition) is 8. The Morgan fingerprint density at radius 2 is 1.88 bits per heavy atom. The molecule has 2 aliphatic heterocycles. The molecule has 0 unspecified atom stereocenters. The number of benzene rings is 1. The average molecular weight is 397 g/mol. The number of nitrogens with zero attached hydrogens (tertiary/aromatic N) is 1. The third-order valence-corrected chi connectivity index (χ3v) is 6.87. The molecule has 0 atom stereocenters. The second-order valence-corrected chi connectivity index (χ2v) is 8.42. The Bertz CT molecular complexity index is 932. The first-order valence-electron chi connectivity index (χ1n) is 7.82. The number of sulfonamides is 1. The summed E-state index contributed by atoms with van der Waals surface area (Å²) in [6, 6.07) is 6.13. The van der Waals surface area contributed by atoms with Gasteiger partial charge in [-0.25, -0.2) is 13.2 Å². The normalized spacial score (nSPS) is 17.2. The Hall–Kier alpha value is -2.14. The summed E-state index contributed by atoms with van der Waals surface area (Å²) in [6.45, 7) is 1.45. The van der Waals surface area contributed by atoms with Crippen LogP contribution >= 0.6 is 11.3 Å². The van der Waals surface area contributed by atoms with Gasteiger partial charge in [-0.3, -0.25) is 0 Å². The van der Waals surface area contributed by atoms with Crippen molar-refractivity contribution in [2.45, 2.75) is 4.90 Å². The molecule has 1 aromatic heterocycles. The minimum Gasteiger partial charge on any atom is -0.454 e. The molecule has 0 amide bonds. The highest BCUT2D eigenvalue weighted by molar-refractivity contribution is 7.89. The van der Waals surface area contributed by atoms with Crippen LogP contribution < -0.4 is 14.2 Å². The molecular weight excluding hydrogens is 382 g/mol. The van der Waals surface area contributed by atoms with Crippen molar-refractivity contribution in [3.05, 3.63) is 34.5 Å². The van der Waals surface area contributed by atoms with E-state index in [9.17, 15) is 13.2 Å². The lowest BCUT2D eigenvalue weighted by molar-refractivity contribution is 0.0729. The van der Waals surface area contributed by atoms with Gasteiger partial charge in [0.25, 0.3) is 0 Å². The molecule has 3 heterocycles. The van der Waals surface area contributed by atoms with Crippen molar-refractivity contribution in [3.63, 3.8) is 0 Å². The second-order valence-electron chi connectivity index (χ2n) is 5.57. The van der Waals surface area contributed by atoms with E-state index in [1.807, 2.05) is 0 Å². The molecule has 0 N–H and O–H groups in total. The lowest BCUT2D eigenvalue weighted by atomic mass is 10.3. The summed E-state index contributed by atoms with van der Waals surface area (Å²) < 4.78 is 47.5. The topological polar surface area (TPSA) is 91.4 Å². The number of carbonyl (C=O) groups excluding carboxylic acids is 1. The van der Waals surface area contributed by atoms with E-state index in [4.69, 9.17) is 18.9 Å². The standard InChI is InChI=1S/C16H15NO7S2/c18-16(24-11-1-2-13-14(7-11)23-10-22-13)15-8-12(9-25-15)26(19,20)17-3-5-21-6-4-17/h1-2,7-9H,3-6,10H2. The Morgan fingerprint density at radius 1 is 1.12 bits per heavy atom. The van der Waals surface area contributed by atoms with Gasteiger partial charge in [0.05, 0.1) is 18.1 Å². The number of thiophene rings is 1. The number of fused-ring (bicyclic) bond motifs is 1. The predicted molar refractivity (Wildman–Crippen MR) is 91.4 cm³/mol. The average Bonchev–Trinajstić information content (AvgIpc) is 3.32. The number of rotatable bonds is 4. The maximum Gasteiger partial charge on any atom is 0.353 e. The second kappa shape index (κ2) is 6.88. The van der Waals surface area contributed by atoms with Gasteiger partial charge in [0, 0.05) is 24.5 Å². The van der Waals surface area contributed by atoms with Crippen molar-refractivity contribution < 1.29 is 32.2 Å². The van der Waals surface area contributed by atoms with E-state index in [2.05, 4.69) is 0 Å². The molecule has 0 bridgehead atoms. The van der Waals surface area contributed by atoms with Crippen LogP contribution in [0.15, 0.2) is 34.5 Å². The molecule has 2 aliphatic rings. The minimum atomic E-state index is -3.64. The van der Waals surface area contributed by atoms with Gasteiger partial charge in [-0.1, -0.05) is 0 Å². The zero-order valence-electron chi connectivity index (χ0n) is 13.5. The molecule has 0 spiro atoms. The van der Waals surface area contributed by atoms with E-state index < -0.39 is 16.0 Å². The molecule has 1 saturated heterocycles. The van der Waals surface area contributed by atoms with Crippen LogP contribution in [0.3, 0.4) is 0 Å². The van der Waals surface area contributed by atoms with Gasteiger partial charge in [-0.15, -0.1) is 11.3 Å². The summed E-state index contributed by atoms with van der Waals surface area (Å²) >= 11 is 1.03. The molecule has 10 heteroatoms. The van der Waals surface area contributed by atoms with Crippen molar-refractivity contribution in [1.82, 2.24) is 4.31 Å². The van der Waals surface area contributed by atoms with Gasteiger partial charge in [0.15, 0.2) is 11.5 Å². The monoisotopic (exact) mass is 397 g/mol. The maximum absolute atomic E-state index is 12.6. The first-order chi connectivity index (χ1) is 12.5. The van der Waals surface area contributed by atoms with Crippen molar-refractivity contribution in [2.75, 3.05) is 33.1 Å². The van der Waals surface area contributed by atoms with E-state index in [1.165, 1.54) is 15.8 Å². The molecule has 2 aromatic rings. The highest BCUT2D eigenvalue weighted by atomic mass is 32.2. The van der Waals surface area contributed by atoms with E-state index in [1.54, 1.807) is 18.2 Å². The van der Waals surface area contributed by atoms with Crippen LogP contribution in [0.2, 0.25) is 0 Å². The molecular formula is C16H15NO7S2. The van der Waals surface area contributed by atoms with Gasteiger partial charge < -0.3 is 18.9 Å². The van der Waals surface area contributed by atoms with Crippen LogP contribution in [-0.4, -0.2) is 51.8 Å². The van der Waals surface area contributed by atoms with E-state index in [-0.39, 0.29) is 16.6 Å². The van der Waals surface area contributed by atoms with Gasteiger partial charge in [-0.2, -0.15) is 4.31 Å². The number of esters is 1. The van der Waals surface area contributed by atoms with Crippen LogP contribution in [0.25, 0.3) is 0 Å². The number of carbonyl (C=O) groups is 1. The summed E-state index contributed by atoms with van der Waals surface area (Å²) in [5, 5.41) is 1.45. The highest BCUT2D eigenvalue weighted by Gasteiger charge is 2.28. The first kappa shape index (κ1) is 17.3. The molecule has 1 aromatic carbocycles. The maximum atomic E-state index is 12.6. The first-order valence-corrected chi connectivity index (χ1v) is 10.1. The molecule has 0 saturated carbocycles. The zero-order chi connectivity index (χ0) is 18.1. The number of morpholine rings is 1. The quantitative estimate of drug-likeness (QED) is 0.573. The molecule has 4 rings (SSSR count). The third kappa shape index (κ3) is 3.28. The molecule has 8 nitrogen and oxygen atoms in total. The highest BCUT2D eigenvalue weighted by Crippen LogP contribution is 2.35. The van der Waals surface area contributed by atoms with E-state index >= 15 is 0 Å². The largest absolute Gasteiger partial charge is 0.454 e. The van der Waals surface area contributed by atoms with Crippen molar-refractivity contribution in [2.24, 2.45) is 0 Å². The van der Waals surface area contributed by atoms with Crippen molar-refractivity contribution in [3.8, 4) is 17.2 Å². The van der Waals surface area contributed by atoms with Crippen LogP contribution in [-0.2, 0) is 14.8 Å². The predicted octanol–water partition coefficient (Wildman–Crippen LogP) is 1.72. The molecule has 0 radical (unpaired) electrons. The number of hydrogen-bond donors (Lipinski definition) is 0. The minimum absolute atomic E-state index is 0.0852. The Kier molecular flexibility index (Phi) is 4.57. The van der Waals surface area contributed by atoms with Crippen LogP contribution in [0.1, 0.15) is 9.67 Å². The van der Waals surface area contributed by atoms with Crippen LogP contribution in [0, 0.1) is 0 Å². The van der Waals surface area contributed by atoms with Gasteiger partial charge >= 0.3 is 5.97 Å². The van der Waals surface area contributed by atoms with Crippen molar-refractivity contribution >= 4 is 27.3 Å². The lowest BCUT2D eigenvalue weighted by Gasteiger charge is -2.25. The molecule has 138 valence electrons. The van der Waals surface area contributed by atoms with Gasteiger partial charge in [0.2, 0.25) is 16.8 Å². The summed E-state index contributed by atoms with van der Waals surface area (Å²) in [7, 11) is -3.64. The SMILES string of the molecule is O=C(Oc1ccc2c(c1)OCO2)c1cc(S(=O)(=O)N2CCOCC2)cs1. The fourth-order valence-corrected chi connectivity index (χ4v) is 5.14. The van der Waals surface area contributed by atoms with Gasteiger partial charge in [0.1, 0.15) is 10.6 Å². The zero-order valence-corrected chi connectivity index (χ0v) is 15.2. The fraction of sp³-hybridized carbons (Fsp3) is 0.312. The summed E-state index contributed by atoms with van der Waals surface area (Å²) in [4.78, 5) is 12.6. The lowest BCUT2D eigenvalue weighted by Crippen LogP contribution is -2.40. The summed E-state index contributed by atoms with van der Waals surface area (Å²) in [6.07, 6.45) is 0. The molecule has 1 fully saturated rings. The molecule has 0 aliphatic carbocycles. The number of ether oxygens (including phenoxy) is 4. The van der Waals surface area contributed by atoms with E-state index in [0.29, 0.717) is 43.6 Å². The Labute approximate surface area is 153 Å². The summed E-state index contributed by atoms with van der Waals surface area (Å²) in [5.74, 6) is 0.749. The van der Waals surface area contributed by atoms with Crippen LogP contribution in [0.5, 0.6) is 17.2 Å². The Balaban J connectivity index is 1.49. The Morgan fingerprint density at radius 3 is 2.69 bits per heavy atom. The third-order valence-electron chi connectivity index (χ3n) is 3.94.